The van der Waals surface area contributed by atoms with Crippen LogP contribution in [-0.4, -0.2) is 17.5 Å². The summed E-state index contributed by atoms with van der Waals surface area (Å²) in [4.78, 5) is 22.0. The number of rotatable bonds is 6. The van der Waals surface area contributed by atoms with Crippen LogP contribution in [0.3, 0.4) is 0 Å². The van der Waals surface area contributed by atoms with Crippen LogP contribution in [0, 0.1) is 10.1 Å². The molecule has 2 rings (SSSR count). The van der Waals surface area contributed by atoms with E-state index in [1.165, 1.54) is 24.3 Å². The van der Waals surface area contributed by atoms with E-state index in [2.05, 4.69) is 10.6 Å². The fourth-order valence-electron chi connectivity index (χ4n) is 2.02. The summed E-state index contributed by atoms with van der Waals surface area (Å²) in [7, 11) is 0. The molecule has 0 aromatic heterocycles. The van der Waals surface area contributed by atoms with Crippen LogP contribution in [0.2, 0.25) is 0 Å². The lowest BCUT2D eigenvalue weighted by molar-refractivity contribution is -0.384. The van der Waals surface area contributed by atoms with E-state index in [0.29, 0.717) is 17.9 Å². The normalized spacial score (nSPS) is 10.1. The summed E-state index contributed by atoms with van der Waals surface area (Å²) in [5.41, 5.74) is 7.76. The van der Waals surface area contributed by atoms with Crippen molar-refractivity contribution < 1.29 is 9.72 Å². The monoisotopic (exact) mass is 314 g/mol. The zero-order valence-electron chi connectivity index (χ0n) is 12.5. The maximum atomic E-state index is 11.9. The maximum Gasteiger partial charge on any atom is 0.323 e. The number of nitrogens with zero attached hydrogens (tertiary/aromatic N) is 1. The van der Waals surface area contributed by atoms with Crippen molar-refractivity contribution >= 4 is 23.1 Å². The molecule has 0 bridgehead atoms. The molecule has 0 fully saturated rings. The first-order valence-electron chi connectivity index (χ1n) is 7.20. The van der Waals surface area contributed by atoms with Gasteiger partial charge in [-0.25, -0.2) is 4.79 Å². The molecule has 0 aliphatic rings. The van der Waals surface area contributed by atoms with Crippen LogP contribution in [0.4, 0.5) is 21.9 Å². The quantitative estimate of drug-likeness (QED) is 0.562. The molecule has 0 unspecified atom stereocenters. The number of anilines is 2. The maximum absolute atomic E-state index is 11.9. The number of benzene rings is 2. The number of nitro groups is 1. The summed E-state index contributed by atoms with van der Waals surface area (Å²) >= 11 is 0. The van der Waals surface area contributed by atoms with Gasteiger partial charge in [0.1, 0.15) is 0 Å². The molecule has 0 radical (unpaired) electrons. The van der Waals surface area contributed by atoms with E-state index in [-0.39, 0.29) is 5.69 Å². The Morgan fingerprint density at radius 2 is 1.52 bits per heavy atom. The van der Waals surface area contributed by atoms with E-state index in [4.69, 9.17) is 5.73 Å². The number of hydrogen-bond donors (Lipinski definition) is 3. The van der Waals surface area contributed by atoms with Gasteiger partial charge in [-0.15, -0.1) is 0 Å². The van der Waals surface area contributed by atoms with E-state index in [1.807, 2.05) is 24.3 Å². The van der Waals surface area contributed by atoms with Crippen molar-refractivity contribution in [2.45, 2.75) is 12.8 Å². The summed E-state index contributed by atoms with van der Waals surface area (Å²) < 4.78 is 0. The Kier molecular flexibility index (Phi) is 5.65. The molecular weight excluding hydrogens is 296 g/mol. The van der Waals surface area contributed by atoms with Gasteiger partial charge in [0.15, 0.2) is 0 Å². The van der Waals surface area contributed by atoms with Gasteiger partial charge in [0.25, 0.3) is 5.69 Å². The van der Waals surface area contributed by atoms with Crippen LogP contribution in [0.15, 0.2) is 48.5 Å². The SMILES string of the molecule is NCCCc1ccc(NC(=O)Nc2ccc([N+](=O)[O-])cc2)cc1. The molecule has 2 aromatic rings. The van der Waals surface area contributed by atoms with Crippen molar-refractivity contribution in [1.29, 1.82) is 0 Å². The van der Waals surface area contributed by atoms with E-state index in [1.54, 1.807) is 0 Å². The number of aryl methyl sites for hydroxylation is 1. The molecule has 0 atom stereocenters. The Morgan fingerprint density at radius 3 is 2.00 bits per heavy atom. The number of carbonyl (C=O) groups is 1. The average molecular weight is 314 g/mol. The zero-order chi connectivity index (χ0) is 16.7. The van der Waals surface area contributed by atoms with Crippen molar-refractivity contribution in [3.63, 3.8) is 0 Å². The predicted molar refractivity (Wildman–Crippen MR) is 89.6 cm³/mol. The number of non-ortho nitro benzene ring substituents is 1. The second-order valence-electron chi connectivity index (χ2n) is 4.97. The Balaban J connectivity index is 1.90. The van der Waals surface area contributed by atoms with Gasteiger partial charge in [0.05, 0.1) is 4.92 Å². The van der Waals surface area contributed by atoms with Crippen LogP contribution >= 0.6 is 0 Å². The fraction of sp³-hybridized carbons (Fsp3) is 0.188. The minimum absolute atomic E-state index is 0.0240. The van der Waals surface area contributed by atoms with Crippen LogP contribution in [0.1, 0.15) is 12.0 Å². The van der Waals surface area contributed by atoms with Crippen LogP contribution in [0.5, 0.6) is 0 Å². The number of nitrogens with one attached hydrogen (secondary N) is 2. The van der Waals surface area contributed by atoms with Gasteiger partial charge in [0, 0.05) is 23.5 Å². The summed E-state index contributed by atoms with van der Waals surface area (Å²) in [5, 5.41) is 15.9. The third kappa shape index (κ3) is 5.08. The molecule has 0 heterocycles. The van der Waals surface area contributed by atoms with Gasteiger partial charge >= 0.3 is 6.03 Å². The number of nitro benzene ring substituents is 1. The molecular formula is C16H18N4O3. The van der Waals surface area contributed by atoms with Gasteiger partial charge in [-0.05, 0) is 49.2 Å². The molecule has 2 amide bonds. The summed E-state index contributed by atoms with van der Waals surface area (Å²) in [5.74, 6) is 0. The van der Waals surface area contributed by atoms with Crippen molar-refractivity contribution in [2.24, 2.45) is 5.73 Å². The van der Waals surface area contributed by atoms with E-state index >= 15 is 0 Å². The molecule has 120 valence electrons. The molecule has 7 nitrogen and oxygen atoms in total. The van der Waals surface area contributed by atoms with E-state index < -0.39 is 11.0 Å². The van der Waals surface area contributed by atoms with Crippen molar-refractivity contribution in [3.8, 4) is 0 Å². The third-order valence-electron chi connectivity index (χ3n) is 3.22. The fourth-order valence-corrected chi connectivity index (χ4v) is 2.02. The van der Waals surface area contributed by atoms with Gasteiger partial charge in [-0.2, -0.15) is 0 Å². The lowest BCUT2D eigenvalue weighted by Crippen LogP contribution is -2.19. The average Bonchev–Trinajstić information content (AvgIpc) is 2.54. The van der Waals surface area contributed by atoms with Crippen LogP contribution in [0.25, 0.3) is 0 Å². The lowest BCUT2D eigenvalue weighted by atomic mass is 10.1. The number of nitrogens with two attached hydrogens (primary N) is 1. The van der Waals surface area contributed by atoms with Gasteiger partial charge in [-0.3, -0.25) is 10.1 Å². The van der Waals surface area contributed by atoms with Crippen molar-refractivity contribution in [1.82, 2.24) is 0 Å². The number of amides is 2. The Morgan fingerprint density at radius 1 is 1.00 bits per heavy atom. The highest BCUT2D eigenvalue weighted by Crippen LogP contribution is 2.16. The highest BCUT2D eigenvalue weighted by molar-refractivity contribution is 5.99. The van der Waals surface area contributed by atoms with Crippen LogP contribution < -0.4 is 16.4 Å². The lowest BCUT2D eigenvalue weighted by Gasteiger charge is -2.08. The molecule has 0 spiro atoms. The first kappa shape index (κ1) is 16.4. The molecule has 0 saturated heterocycles. The molecule has 2 aromatic carbocycles. The largest absolute Gasteiger partial charge is 0.330 e. The topological polar surface area (TPSA) is 110 Å². The highest BCUT2D eigenvalue weighted by Gasteiger charge is 2.06. The minimum atomic E-state index is -0.490. The standard InChI is InChI=1S/C16H18N4O3/c17-11-1-2-12-3-5-13(6-4-12)18-16(21)19-14-7-9-15(10-8-14)20(22)23/h3-10H,1-2,11,17H2,(H2,18,19,21). The smallest absolute Gasteiger partial charge is 0.323 e. The molecule has 0 saturated carbocycles. The summed E-state index contributed by atoms with van der Waals surface area (Å²) in [6.45, 7) is 0.650. The van der Waals surface area contributed by atoms with Crippen LogP contribution in [-0.2, 0) is 6.42 Å². The Hall–Kier alpha value is -2.93. The second kappa shape index (κ2) is 7.90. The number of carbonyl (C=O) groups excluding carboxylic acids is 1. The van der Waals surface area contributed by atoms with E-state index in [9.17, 15) is 14.9 Å². The Labute approximate surface area is 133 Å². The first-order valence-corrected chi connectivity index (χ1v) is 7.20. The van der Waals surface area contributed by atoms with Crippen molar-refractivity contribution in [3.05, 3.63) is 64.2 Å². The summed E-state index contributed by atoms with van der Waals surface area (Å²) in [6, 6.07) is 12.7. The minimum Gasteiger partial charge on any atom is -0.330 e. The molecule has 4 N–H and O–H groups in total. The van der Waals surface area contributed by atoms with Gasteiger partial charge < -0.3 is 16.4 Å². The highest BCUT2D eigenvalue weighted by atomic mass is 16.6. The first-order chi connectivity index (χ1) is 11.1. The second-order valence-corrected chi connectivity index (χ2v) is 4.97. The number of hydrogen-bond acceptors (Lipinski definition) is 4. The van der Waals surface area contributed by atoms with Gasteiger partial charge in [0.2, 0.25) is 0 Å². The van der Waals surface area contributed by atoms with Gasteiger partial charge in [-0.1, -0.05) is 12.1 Å². The number of urea groups is 1. The molecule has 0 aliphatic heterocycles. The molecule has 23 heavy (non-hydrogen) atoms. The van der Waals surface area contributed by atoms with Crippen molar-refractivity contribution in [2.75, 3.05) is 17.2 Å². The molecule has 0 aliphatic carbocycles. The summed E-state index contributed by atoms with van der Waals surface area (Å²) in [6.07, 6.45) is 1.83. The molecule has 7 heteroatoms. The Bertz CT molecular complexity index is 669. The predicted octanol–water partition coefficient (Wildman–Crippen LogP) is 3.13. The van der Waals surface area contributed by atoms with E-state index in [0.717, 1.165) is 18.4 Å². The third-order valence-corrected chi connectivity index (χ3v) is 3.22. The zero-order valence-corrected chi connectivity index (χ0v) is 12.5.